The second kappa shape index (κ2) is 9.40. The number of hydrogen-bond donors (Lipinski definition) is 1. The molecule has 0 radical (unpaired) electrons. The summed E-state index contributed by atoms with van der Waals surface area (Å²) in [6.07, 6.45) is 4.26. The van der Waals surface area contributed by atoms with Crippen LogP contribution in [0.15, 0.2) is 53.3 Å². The number of fused-ring (bicyclic) bond motifs is 1. The molecule has 0 amide bonds. The maximum absolute atomic E-state index is 12.8. The Morgan fingerprint density at radius 3 is 2.44 bits per heavy atom. The molecule has 0 bridgehead atoms. The van der Waals surface area contributed by atoms with Crippen LogP contribution in [0.1, 0.15) is 37.7 Å². The summed E-state index contributed by atoms with van der Waals surface area (Å²) in [5.74, 6) is 0.824. The molecular weight excluding hydrogens is 428 g/mol. The third-order valence-corrected chi connectivity index (χ3v) is 7.09. The normalized spacial score (nSPS) is 19.3. The summed E-state index contributed by atoms with van der Waals surface area (Å²) >= 11 is 0. The molecule has 7 heteroatoms. The molecule has 2 aliphatic heterocycles. The van der Waals surface area contributed by atoms with Crippen LogP contribution >= 0.6 is 0 Å². The number of aromatic nitrogens is 1. The first-order chi connectivity index (χ1) is 16.6. The van der Waals surface area contributed by atoms with Crippen molar-refractivity contribution in [1.29, 1.82) is 5.26 Å². The zero-order valence-electron chi connectivity index (χ0n) is 19.5. The van der Waals surface area contributed by atoms with E-state index in [-0.39, 0.29) is 17.2 Å². The molecule has 1 N–H and O–H groups in total. The van der Waals surface area contributed by atoms with Crippen LogP contribution in [-0.4, -0.2) is 41.6 Å². The van der Waals surface area contributed by atoms with Gasteiger partial charge in [-0.05, 0) is 49.6 Å². The maximum Gasteiger partial charge on any atom is 0.270 e. The van der Waals surface area contributed by atoms with Crippen LogP contribution < -0.4 is 20.1 Å². The van der Waals surface area contributed by atoms with Crippen molar-refractivity contribution in [3.63, 3.8) is 0 Å². The molecule has 0 spiro atoms. The highest BCUT2D eigenvalue weighted by atomic mass is 16.5. The second-order valence-electron chi connectivity index (χ2n) is 9.18. The quantitative estimate of drug-likeness (QED) is 0.641. The number of aliphatic hydroxyl groups is 1. The summed E-state index contributed by atoms with van der Waals surface area (Å²) < 4.78 is 7.81. The number of para-hydroxylation sites is 1. The van der Waals surface area contributed by atoms with Gasteiger partial charge in [-0.25, -0.2) is 0 Å². The number of nitrogens with zero attached hydrogens (tertiary/aromatic N) is 4. The van der Waals surface area contributed by atoms with Gasteiger partial charge in [-0.2, -0.15) is 5.26 Å². The number of pyridine rings is 1. The third-order valence-electron chi connectivity index (χ3n) is 7.09. The molecule has 0 saturated carbocycles. The summed E-state index contributed by atoms with van der Waals surface area (Å²) in [6.45, 7) is 2.31. The van der Waals surface area contributed by atoms with Crippen LogP contribution in [0.5, 0.6) is 5.75 Å². The summed E-state index contributed by atoms with van der Waals surface area (Å²) in [5.41, 5.74) is 2.54. The van der Waals surface area contributed by atoms with E-state index < -0.39 is 6.23 Å². The average Bonchev–Trinajstić information content (AvgIpc) is 2.87. The van der Waals surface area contributed by atoms with E-state index in [1.165, 1.54) is 0 Å². The molecule has 34 heavy (non-hydrogen) atoms. The minimum Gasteiger partial charge on any atom is -0.490 e. The predicted molar refractivity (Wildman–Crippen MR) is 133 cm³/mol. The number of rotatable bonds is 4. The lowest BCUT2D eigenvalue weighted by atomic mass is 10.0. The zero-order chi connectivity index (χ0) is 23.7. The molecule has 7 nitrogen and oxygen atoms in total. The molecule has 176 valence electrons. The van der Waals surface area contributed by atoms with Crippen LogP contribution in [-0.2, 0) is 7.05 Å². The number of ether oxygens (including phenoxy) is 1. The first kappa shape index (κ1) is 22.3. The maximum atomic E-state index is 12.8. The van der Waals surface area contributed by atoms with E-state index in [1.54, 1.807) is 11.6 Å². The highest BCUT2D eigenvalue weighted by Gasteiger charge is 2.26. The molecular formula is C27H30N4O3. The van der Waals surface area contributed by atoms with Crippen molar-refractivity contribution in [2.24, 2.45) is 7.05 Å². The van der Waals surface area contributed by atoms with Crippen LogP contribution in [0, 0.1) is 11.3 Å². The Labute approximate surface area is 199 Å². The lowest BCUT2D eigenvalue weighted by Crippen LogP contribution is -2.40. The first-order valence-electron chi connectivity index (χ1n) is 12.0. The molecule has 1 aromatic heterocycles. The van der Waals surface area contributed by atoms with Crippen molar-refractivity contribution in [1.82, 2.24) is 4.57 Å². The highest BCUT2D eigenvalue weighted by Crippen LogP contribution is 2.32. The fourth-order valence-corrected chi connectivity index (χ4v) is 5.23. The Kier molecular flexibility index (Phi) is 6.16. The topological polar surface area (TPSA) is 81.7 Å². The van der Waals surface area contributed by atoms with Crippen molar-refractivity contribution in [2.75, 3.05) is 29.4 Å². The molecule has 2 aromatic carbocycles. The van der Waals surface area contributed by atoms with Gasteiger partial charge in [0.2, 0.25) is 0 Å². The van der Waals surface area contributed by atoms with E-state index in [0.717, 1.165) is 66.7 Å². The third kappa shape index (κ3) is 4.10. The van der Waals surface area contributed by atoms with Crippen molar-refractivity contribution in [3.8, 4) is 11.8 Å². The number of piperidine rings is 2. The smallest absolute Gasteiger partial charge is 0.270 e. The number of aryl methyl sites for hydroxylation is 1. The molecule has 5 rings (SSSR count). The predicted octanol–water partition coefficient (Wildman–Crippen LogP) is 3.77. The van der Waals surface area contributed by atoms with E-state index in [0.29, 0.717) is 13.1 Å². The van der Waals surface area contributed by atoms with Gasteiger partial charge in [0.15, 0.2) is 0 Å². The van der Waals surface area contributed by atoms with E-state index in [1.807, 2.05) is 53.4 Å². The van der Waals surface area contributed by atoms with Gasteiger partial charge in [0.25, 0.3) is 5.56 Å². The summed E-state index contributed by atoms with van der Waals surface area (Å²) in [5, 5.41) is 20.9. The Morgan fingerprint density at radius 2 is 1.74 bits per heavy atom. The molecule has 1 atom stereocenters. The van der Waals surface area contributed by atoms with Gasteiger partial charge in [0, 0.05) is 50.6 Å². The Morgan fingerprint density at radius 1 is 1.00 bits per heavy atom. The minimum absolute atomic E-state index is 0.0750. The first-order valence-corrected chi connectivity index (χ1v) is 12.0. The summed E-state index contributed by atoms with van der Waals surface area (Å²) in [6, 6.07) is 17.9. The van der Waals surface area contributed by atoms with Gasteiger partial charge in [-0.15, -0.1) is 0 Å². The van der Waals surface area contributed by atoms with Gasteiger partial charge < -0.3 is 24.2 Å². The van der Waals surface area contributed by atoms with Crippen LogP contribution in [0.25, 0.3) is 10.9 Å². The fraction of sp³-hybridized carbons (Fsp3) is 0.407. The van der Waals surface area contributed by atoms with Gasteiger partial charge in [0.1, 0.15) is 29.7 Å². The lowest BCUT2D eigenvalue weighted by molar-refractivity contribution is 0.140. The Balaban J connectivity index is 1.29. The fourth-order valence-electron chi connectivity index (χ4n) is 5.23. The van der Waals surface area contributed by atoms with Crippen molar-refractivity contribution >= 4 is 22.3 Å². The Bertz CT molecular complexity index is 1270. The SMILES string of the molecule is Cn1c(=O)c(C#N)c(N2CCC(Oc3ccc(N4CCCCC4O)cc3)CC2)c2ccccc21. The summed E-state index contributed by atoms with van der Waals surface area (Å²) in [7, 11) is 1.71. The van der Waals surface area contributed by atoms with E-state index in [4.69, 9.17) is 4.74 Å². The minimum atomic E-state index is -0.408. The largest absolute Gasteiger partial charge is 0.490 e. The monoisotopic (exact) mass is 458 g/mol. The van der Waals surface area contributed by atoms with Crippen LogP contribution in [0.2, 0.25) is 0 Å². The van der Waals surface area contributed by atoms with E-state index >= 15 is 0 Å². The standard InChI is InChI=1S/C27H30N4O3/c1-29-24-7-3-2-6-22(24)26(23(18-28)27(29)33)30-16-13-21(14-17-30)34-20-11-9-19(10-12-20)31-15-5-4-8-25(31)32/h2-3,6-7,9-12,21,25,32H,4-5,8,13-17H2,1H3. The average molecular weight is 459 g/mol. The molecule has 2 aliphatic rings. The van der Waals surface area contributed by atoms with Crippen molar-refractivity contribution in [2.45, 2.75) is 44.4 Å². The van der Waals surface area contributed by atoms with Crippen LogP contribution in [0.3, 0.4) is 0 Å². The number of aliphatic hydroxyl groups excluding tert-OH is 1. The number of hydrogen-bond acceptors (Lipinski definition) is 6. The summed E-state index contributed by atoms with van der Waals surface area (Å²) in [4.78, 5) is 17.0. The van der Waals surface area contributed by atoms with Gasteiger partial charge >= 0.3 is 0 Å². The van der Waals surface area contributed by atoms with Gasteiger partial charge in [-0.3, -0.25) is 4.79 Å². The number of anilines is 2. The van der Waals surface area contributed by atoms with Gasteiger partial charge in [-0.1, -0.05) is 18.2 Å². The van der Waals surface area contributed by atoms with E-state index in [9.17, 15) is 15.2 Å². The van der Waals surface area contributed by atoms with Crippen molar-refractivity contribution < 1.29 is 9.84 Å². The molecule has 2 saturated heterocycles. The van der Waals surface area contributed by atoms with E-state index in [2.05, 4.69) is 11.0 Å². The molecule has 2 fully saturated rings. The molecule has 0 aliphatic carbocycles. The molecule has 3 aromatic rings. The zero-order valence-corrected chi connectivity index (χ0v) is 19.5. The lowest BCUT2D eigenvalue weighted by Gasteiger charge is -2.35. The highest BCUT2D eigenvalue weighted by molar-refractivity contribution is 5.94. The molecule has 3 heterocycles. The number of nitriles is 1. The molecule has 1 unspecified atom stereocenters. The second-order valence-corrected chi connectivity index (χ2v) is 9.18. The van der Waals surface area contributed by atoms with Gasteiger partial charge in [0.05, 0.1) is 11.2 Å². The van der Waals surface area contributed by atoms with Crippen molar-refractivity contribution in [3.05, 3.63) is 64.4 Å². The Hall–Kier alpha value is -3.50. The number of benzene rings is 2. The van der Waals surface area contributed by atoms with Crippen LogP contribution in [0.4, 0.5) is 11.4 Å².